The van der Waals surface area contributed by atoms with Gasteiger partial charge in [0.25, 0.3) is 0 Å². The van der Waals surface area contributed by atoms with Gasteiger partial charge in [-0.2, -0.15) is 0 Å². The molecule has 3 amide bonds. The first-order chi connectivity index (χ1) is 13.0. The summed E-state index contributed by atoms with van der Waals surface area (Å²) in [5.74, 6) is 1.14. The van der Waals surface area contributed by atoms with Gasteiger partial charge in [0.2, 0.25) is 5.91 Å². The van der Waals surface area contributed by atoms with Gasteiger partial charge < -0.3 is 15.5 Å². The normalized spacial score (nSPS) is 16.0. The molecule has 0 aliphatic carbocycles. The van der Waals surface area contributed by atoms with E-state index in [1.807, 2.05) is 17.0 Å². The number of nitrogens with one attached hydrogen (secondary N) is 2. The van der Waals surface area contributed by atoms with Crippen LogP contribution in [0.2, 0.25) is 0 Å². The monoisotopic (exact) mass is 373 g/mol. The van der Waals surface area contributed by atoms with Crippen LogP contribution in [-0.4, -0.2) is 36.5 Å². The van der Waals surface area contributed by atoms with Crippen molar-refractivity contribution in [2.24, 2.45) is 5.92 Å². The molecule has 1 atom stereocenters. The Morgan fingerprint density at radius 1 is 1.22 bits per heavy atom. The zero-order valence-electron chi connectivity index (χ0n) is 17.1. The minimum atomic E-state index is -0.150. The zero-order valence-corrected chi connectivity index (χ0v) is 17.1. The number of unbranched alkanes of at least 4 members (excludes halogenated alkanes) is 1. The molecule has 1 fully saturated rings. The molecule has 1 aliphatic heterocycles. The molecule has 1 aliphatic rings. The van der Waals surface area contributed by atoms with Crippen molar-refractivity contribution in [3.8, 4) is 0 Å². The highest BCUT2D eigenvalue weighted by Crippen LogP contribution is 2.27. The van der Waals surface area contributed by atoms with E-state index in [9.17, 15) is 9.59 Å². The summed E-state index contributed by atoms with van der Waals surface area (Å²) in [6, 6.07) is 8.09. The van der Waals surface area contributed by atoms with Crippen LogP contribution in [-0.2, 0) is 4.79 Å². The average molecular weight is 374 g/mol. The second-order valence-electron chi connectivity index (χ2n) is 7.66. The lowest BCUT2D eigenvalue weighted by atomic mass is 9.91. The molecule has 1 heterocycles. The summed E-state index contributed by atoms with van der Waals surface area (Å²) in [6.07, 6.45) is 6.66. The van der Waals surface area contributed by atoms with Crippen molar-refractivity contribution >= 4 is 17.6 Å². The summed E-state index contributed by atoms with van der Waals surface area (Å²) >= 11 is 0. The molecule has 2 N–H and O–H groups in total. The molecule has 0 aromatic heterocycles. The molecule has 0 radical (unpaired) electrons. The topological polar surface area (TPSA) is 61.4 Å². The Hall–Kier alpha value is -2.04. The first kappa shape index (κ1) is 21.3. The third-order valence-corrected chi connectivity index (χ3v) is 5.63. The number of amides is 3. The number of hydrogen-bond acceptors (Lipinski definition) is 2. The Morgan fingerprint density at radius 2 is 1.96 bits per heavy atom. The Labute approximate surface area is 163 Å². The van der Waals surface area contributed by atoms with Crippen molar-refractivity contribution in [3.63, 3.8) is 0 Å². The first-order valence-electron chi connectivity index (χ1n) is 10.4. The molecular weight excluding hydrogens is 338 g/mol. The van der Waals surface area contributed by atoms with Crippen LogP contribution < -0.4 is 10.6 Å². The average Bonchev–Trinajstić information content (AvgIpc) is 2.67. The fourth-order valence-electron chi connectivity index (χ4n) is 3.79. The van der Waals surface area contributed by atoms with Crippen LogP contribution in [0.4, 0.5) is 10.5 Å². The van der Waals surface area contributed by atoms with Gasteiger partial charge >= 0.3 is 6.03 Å². The van der Waals surface area contributed by atoms with Crippen LogP contribution in [0.5, 0.6) is 0 Å². The van der Waals surface area contributed by atoms with Crippen molar-refractivity contribution in [2.45, 2.75) is 65.2 Å². The number of carbonyl (C=O) groups is 2. The number of carbonyl (C=O) groups excluding carboxylic acids is 2. The van der Waals surface area contributed by atoms with E-state index in [1.165, 1.54) is 24.8 Å². The van der Waals surface area contributed by atoms with E-state index in [0.717, 1.165) is 38.0 Å². The summed E-state index contributed by atoms with van der Waals surface area (Å²) in [6.45, 7) is 8.31. The molecule has 1 aromatic carbocycles. The second kappa shape index (κ2) is 11.0. The van der Waals surface area contributed by atoms with Gasteiger partial charge in [-0.1, -0.05) is 38.8 Å². The lowest BCUT2D eigenvalue weighted by Gasteiger charge is -2.31. The van der Waals surface area contributed by atoms with E-state index in [4.69, 9.17) is 0 Å². The lowest BCUT2D eigenvalue weighted by Crippen LogP contribution is -2.41. The van der Waals surface area contributed by atoms with E-state index in [1.54, 1.807) is 6.92 Å². The van der Waals surface area contributed by atoms with Crippen LogP contribution >= 0.6 is 0 Å². The van der Waals surface area contributed by atoms with E-state index in [-0.39, 0.29) is 11.9 Å². The summed E-state index contributed by atoms with van der Waals surface area (Å²) in [5, 5.41) is 5.96. The fourth-order valence-corrected chi connectivity index (χ4v) is 3.79. The number of urea groups is 1. The molecule has 0 saturated carbocycles. The van der Waals surface area contributed by atoms with E-state index < -0.39 is 0 Å². The molecule has 150 valence electrons. The zero-order chi connectivity index (χ0) is 19.6. The Balaban J connectivity index is 1.80. The van der Waals surface area contributed by atoms with Gasteiger partial charge in [-0.3, -0.25) is 4.79 Å². The third kappa shape index (κ3) is 6.89. The molecular formula is C22H35N3O2. The van der Waals surface area contributed by atoms with Gasteiger partial charge in [-0.25, -0.2) is 4.79 Å². The minimum Gasteiger partial charge on any atom is -0.343 e. The number of hydrogen-bond donors (Lipinski definition) is 2. The maximum atomic E-state index is 12.3. The van der Waals surface area contributed by atoms with Gasteiger partial charge in [-0.15, -0.1) is 0 Å². The smallest absolute Gasteiger partial charge is 0.319 e. The SMILES string of the molecule is CCCCC(CC)c1cccc(NC(=O)NCC2CCN(C(C)=O)CC2)c1. The molecule has 5 heteroatoms. The molecule has 1 unspecified atom stereocenters. The van der Waals surface area contributed by atoms with Crippen LogP contribution in [0.1, 0.15) is 70.8 Å². The summed E-state index contributed by atoms with van der Waals surface area (Å²) in [4.78, 5) is 25.5. The fraction of sp³-hybridized carbons (Fsp3) is 0.636. The van der Waals surface area contributed by atoms with E-state index in [0.29, 0.717) is 18.4 Å². The van der Waals surface area contributed by atoms with Crippen molar-refractivity contribution in [1.82, 2.24) is 10.2 Å². The predicted octanol–water partition coefficient (Wildman–Crippen LogP) is 4.75. The van der Waals surface area contributed by atoms with Crippen molar-refractivity contribution in [2.75, 3.05) is 25.0 Å². The largest absolute Gasteiger partial charge is 0.343 e. The van der Waals surface area contributed by atoms with Crippen molar-refractivity contribution < 1.29 is 9.59 Å². The van der Waals surface area contributed by atoms with Crippen LogP contribution in [0.15, 0.2) is 24.3 Å². The number of rotatable bonds is 8. The van der Waals surface area contributed by atoms with Gasteiger partial charge in [0.15, 0.2) is 0 Å². The number of piperidine rings is 1. The van der Waals surface area contributed by atoms with Gasteiger partial charge in [0.1, 0.15) is 0 Å². The van der Waals surface area contributed by atoms with E-state index >= 15 is 0 Å². The Kier molecular flexibility index (Phi) is 8.62. The van der Waals surface area contributed by atoms with Crippen molar-refractivity contribution in [3.05, 3.63) is 29.8 Å². The Bertz CT molecular complexity index is 609. The highest BCUT2D eigenvalue weighted by molar-refractivity contribution is 5.89. The molecule has 2 rings (SSSR count). The third-order valence-electron chi connectivity index (χ3n) is 5.63. The van der Waals surface area contributed by atoms with Crippen LogP contribution in [0.25, 0.3) is 0 Å². The second-order valence-corrected chi connectivity index (χ2v) is 7.66. The first-order valence-corrected chi connectivity index (χ1v) is 10.4. The summed E-state index contributed by atoms with van der Waals surface area (Å²) in [5.41, 5.74) is 2.16. The quantitative estimate of drug-likeness (QED) is 0.691. The molecule has 1 aromatic rings. The molecule has 27 heavy (non-hydrogen) atoms. The highest BCUT2D eigenvalue weighted by atomic mass is 16.2. The van der Waals surface area contributed by atoms with Gasteiger partial charge in [-0.05, 0) is 55.2 Å². The van der Waals surface area contributed by atoms with Crippen LogP contribution in [0, 0.1) is 5.92 Å². The number of benzene rings is 1. The molecule has 0 spiro atoms. The number of likely N-dealkylation sites (tertiary alicyclic amines) is 1. The van der Waals surface area contributed by atoms with Gasteiger partial charge in [0.05, 0.1) is 0 Å². The minimum absolute atomic E-state index is 0.142. The summed E-state index contributed by atoms with van der Waals surface area (Å²) < 4.78 is 0. The van der Waals surface area contributed by atoms with Crippen LogP contribution in [0.3, 0.4) is 0 Å². The van der Waals surface area contributed by atoms with Gasteiger partial charge in [0, 0.05) is 32.2 Å². The van der Waals surface area contributed by atoms with Crippen molar-refractivity contribution in [1.29, 1.82) is 0 Å². The molecule has 0 bridgehead atoms. The number of nitrogens with zero attached hydrogens (tertiary/aromatic N) is 1. The lowest BCUT2D eigenvalue weighted by molar-refractivity contribution is -0.130. The Morgan fingerprint density at radius 3 is 2.59 bits per heavy atom. The maximum absolute atomic E-state index is 12.3. The highest BCUT2D eigenvalue weighted by Gasteiger charge is 2.21. The maximum Gasteiger partial charge on any atom is 0.319 e. The molecule has 1 saturated heterocycles. The molecule has 5 nitrogen and oxygen atoms in total. The van der Waals surface area contributed by atoms with E-state index in [2.05, 4.69) is 36.6 Å². The standard InChI is InChI=1S/C22H35N3O2/c1-4-6-8-19(5-2)20-9-7-10-21(15-20)24-22(27)23-16-18-11-13-25(14-12-18)17(3)26/h7,9-10,15,18-19H,4-6,8,11-14,16H2,1-3H3,(H2,23,24,27). The summed E-state index contributed by atoms with van der Waals surface area (Å²) in [7, 11) is 0. The predicted molar refractivity (Wildman–Crippen MR) is 111 cm³/mol. The number of anilines is 1.